The zero-order valence-corrected chi connectivity index (χ0v) is 8.73. The molecular weight excluding hydrogens is 192 g/mol. The first-order valence-electron chi connectivity index (χ1n) is 4.94. The molecule has 0 aliphatic carbocycles. The molecule has 1 atom stereocenters. The molecule has 82 valence electrons. The van der Waals surface area contributed by atoms with E-state index in [-0.39, 0.29) is 11.7 Å². The molecule has 1 aromatic carbocycles. The van der Waals surface area contributed by atoms with Crippen LogP contribution in [-0.4, -0.2) is 17.1 Å². The van der Waals surface area contributed by atoms with Crippen LogP contribution in [0.5, 0.6) is 5.75 Å². The van der Waals surface area contributed by atoms with Gasteiger partial charge in [0.2, 0.25) is 5.91 Å². The Bertz CT molecular complexity index is 322. The monoisotopic (exact) mass is 208 g/mol. The van der Waals surface area contributed by atoms with Crippen molar-refractivity contribution in [2.45, 2.75) is 25.9 Å². The molecule has 4 nitrogen and oxygen atoms in total. The first-order chi connectivity index (χ1) is 7.13. The van der Waals surface area contributed by atoms with Gasteiger partial charge in [-0.1, -0.05) is 19.1 Å². The van der Waals surface area contributed by atoms with Gasteiger partial charge < -0.3 is 16.2 Å². The van der Waals surface area contributed by atoms with Crippen LogP contribution in [0, 0.1) is 0 Å². The number of hydrogen-bond donors (Lipinski definition) is 3. The fraction of sp³-hybridized carbons (Fsp3) is 0.364. The van der Waals surface area contributed by atoms with Crippen molar-refractivity contribution >= 4 is 5.91 Å². The third-order valence-electron chi connectivity index (χ3n) is 2.18. The summed E-state index contributed by atoms with van der Waals surface area (Å²) in [6.45, 7) is 2.30. The number of rotatable bonds is 4. The normalized spacial score (nSPS) is 12.1. The second kappa shape index (κ2) is 5.36. The van der Waals surface area contributed by atoms with E-state index in [0.29, 0.717) is 13.0 Å². The highest BCUT2D eigenvalue weighted by Crippen LogP contribution is 2.09. The summed E-state index contributed by atoms with van der Waals surface area (Å²) >= 11 is 0. The van der Waals surface area contributed by atoms with Gasteiger partial charge in [0.1, 0.15) is 5.75 Å². The molecule has 4 N–H and O–H groups in total. The lowest BCUT2D eigenvalue weighted by atomic mass is 10.2. The molecular formula is C11H16N2O2. The van der Waals surface area contributed by atoms with E-state index in [1.165, 1.54) is 0 Å². The summed E-state index contributed by atoms with van der Waals surface area (Å²) in [7, 11) is 0. The largest absolute Gasteiger partial charge is 0.508 e. The van der Waals surface area contributed by atoms with Crippen LogP contribution in [0.1, 0.15) is 18.9 Å². The lowest BCUT2D eigenvalue weighted by Crippen LogP contribution is -2.39. The number of aromatic hydroxyl groups is 1. The van der Waals surface area contributed by atoms with E-state index in [4.69, 9.17) is 10.8 Å². The molecule has 0 fully saturated rings. The molecule has 0 radical (unpaired) electrons. The minimum Gasteiger partial charge on any atom is -0.508 e. The van der Waals surface area contributed by atoms with Crippen LogP contribution in [0.15, 0.2) is 24.3 Å². The Hall–Kier alpha value is -1.55. The van der Waals surface area contributed by atoms with Crippen LogP contribution in [0.4, 0.5) is 0 Å². The average Bonchev–Trinajstić information content (AvgIpc) is 2.26. The van der Waals surface area contributed by atoms with E-state index < -0.39 is 6.04 Å². The van der Waals surface area contributed by atoms with Crippen molar-refractivity contribution in [1.29, 1.82) is 0 Å². The number of carbonyl (C=O) groups excluding carboxylic acids is 1. The molecule has 15 heavy (non-hydrogen) atoms. The van der Waals surface area contributed by atoms with E-state index in [1.54, 1.807) is 24.3 Å². The molecule has 0 aromatic heterocycles. The van der Waals surface area contributed by atoms with Gasteiger partial charge in [0.15, 0.2) is 0 Å². The first kappa shape index (κ1) is 11.5. The number of amides is 1. The van der Waals surface area contributed by atoms with Gasteiger partial charge in [0.05, 0.1) is 6.04 Å². The third kappa shape index (κ3) is 3.59. The number of nitrogens with two attached hydrogens (primary N) is 1. The van der Waals surface area contributed by atoms with Gasteiger partial charge in [-0.15, -0.1) is 0 Å². The zero-order chi connectivity index (χ0) is 11.3. The molecule has 0 bridgehead atoms. The standard InChI is InChI=1S/C11H16N2O2/c1-2-10(12)11(15)13-7-8-3-5-9(14)6-4-8/h3-6,10,14H,2,7,12H2,1H3,(H,13,15)/t10-/m0/s1. The topological polar surface area (TPSA) is 75.4 Å². The van der Waals surface area contributed by atoms with Crippen molar-refractivity contribution in [1.82, 2.24) is 5.32 Å². The third-order valence-corrected chi connectivity index (χ3v) is 2.18. The maximum Gasteiger partial charge on any atom is 0.237 e. The van der Waals surface area contributed by atoms with Crippen molar-refractivity contribution < 1.29 is 9.90 Å². The van der Waals surface area contributed by atoms with E-state index in [0.717, 1.165) is 5.56 Å². The average molecular weight is 208 g/mol. The Balaban J connectivity index is 2.43. The summed E-state index contributed by atoms with van der Waals surface area (Å²) < 4.78 is 0. The maximum atomic E-state index is 11.3. The summed E-state index contributed by atoms with van der Waals surface area (Å²) in [6, 6.07) is 6.24. The van der Waals surface area contributed by atoms with Crippen LogP contribution in [0.3, 0.4) is 0 Å². The highest BCUT2D eigenvalue weighted by molar-refractivity contribution is 5.81. The van der Waals surface area contributed by atoms with E-state index in [1.807, 2.05) is 6.92 Å². The molecule has 0 saturated carbocycles. The van der Waals surface area contributed by atoms with E-state index in [9.17, 15) is 4.79 Å². The van der Waals surface area contributed by atoms with E-state index >= 15 is 0 Å². The molecule has 0 heterocycles. The number of nitrogens with one attached hydrogen (secondary N) is 1. The molecule has 0 aliphatic heterocycles. The van der Waals surface area contributed by atoms with Crippen LogP contribution in [0.2, 0.25) is 0 Å². The predicted molar refractivity (Wildman–Crippen MR) is 58.2 cm³/mol. The zero-order valence-electron chi connectivity index (χ0n) is 8.73. The Labute approximate surface area is 89.1 Å². The minimum absolute atomic E-state index is 0.148. The Kier molecular flexibility index (Phi) is 4.12. The Morgan fingerprint density at radius 1 is 1.47 bits per heavy atom. The van der Waals surface area contributed by atoms with Gasteiger partial charge in [0.25, 0.3) is 0 Å². The summed E-state index contributed by atoms with van der Waals surface area (Å²) in [6.07, 6.45) is 0.626. The van der Waals surface area contributed by atoms with Gasteiger partial charge in [0, 0.05) is 6.54 Å². The molecule has 4 heteroatoms. The van der Waals surface area contributed by atoms with Crippen LogP contribution in [0.25, 0.3) is 0 Å². The molecule has 1 aromatic rings. The molecule has 1 rings (SSSR count). The second-order valence-corrected chi connectivity index (χ2v) is 3.40. The second-order valence-electron chi connectivity index (χ2n) is 3.40. The SMILES string of the molecule is CC[C@H](N)C(=O)NCc1ccc(O)cc1. The van der Waals surface area contributed by atoms with E-state index in [2.05, 4.69) is 5.32 Å². The lowest BCUT2D eigenvalue weighted by molar-refractivity contribution is -0.122. The summed E-state index contributed by atoms with van der Waals surface area (Å²) in [5, 5.41) is 11.8. The first-order valence-corrected chi connectivity index (χ1v) is 4.94. The van der Waals surface area contributed by atoms with Gasteiger partial charge >= 0.3 is 0 Å². The summed E-state index contributed by atoms with van der Waals surface area (Å²) in [5.41, 5.74) is 6.49. The van der Waals surface area contributed by atoms with Crippen LogP contribution >= 0.6 is 0 Å². The van der Waals surface area contributed by atoms with Gasteiger partial charge in [-0.05, 0) is 24.1 Å². The molecule has 0 saturated heterocycles. The number of phenolic OH excluding ortho intramolecular Hbond substituents is 1. The van der Waals surface area contributed by atoms with Crippen LogP contribution < -0.4 is 11.1 Å². The van der Waals surface area contributed by atoms with Crippen molar-refractivity contribution in [2.24, 2.45) is 5.73 Å². The van der Waals surface area contributed by atoms with Crippen LogP contribution in [-0.2, 0) is 11.3 Å². The Morgan fingerprint density at radius 2 is 2.07 bits per heavy atom. The van der Waals surface area contributed by atoms with Crippen molar-refractivity contribution in [3.8, 4) is 5.75 Å². The number of carbonyl (C=O) groups is 1. The lowest BCUT2D eigenvalue weighted by Gasteiger charge is -2.09. The fourth-order valence-corrected chi connectivity index (χ4v) is 1.12. The summed E-state index contributed by atoms with van der Waals surface area (Å²) in [4.78, 5) is 11.3. The molecule has 0 spiro atoms. The van der Waals surface area contributed by atoms with Gasteiger partial charge in [-0.2, -0.15) is 0 Å². The minimum atomic E-state index is -0.442. The highest BCUT2D eigenvalue weighted by atomic mass is 16.3. The predicted octanol–water partition coefficient (Wildman–Crippen LogP) is 0.746. The van der Waals surface area contributed by atoms with Gasteiger partial charge in [-0.25, -0.2) is 0 Å². The fourth-order valence-electron chi connectivity index (χ4n) is 1.12. The maximum absolute atomic E-state index is 11.3. The molecule has 0 unspecified atom stereocenters. The smallest absolute Gasteiger partial charge is 0.237 e. The van der Waals surface area contributed by atoms with Crippen molar-refractivity contribution in [2.75, 3.05) is 0 Å². The van der Waals surface area contributed by atoms with Gasteiger partial charge in [-0.3, -0.25) is 4.79 Å². The molecule has 0 aliphatic rings. The molecule has 1 amide bonds. The van der Waals surface area contributed by atoms with Crippen molar-refractivity contribution in [3.05, 3.63) is 29.8 Å². The Morgan fingerprint density at radius 3 is 2.60 bits per heavy atom. The number of hydrogen-bond acceptors (Lipinski definition) is 3. The number of phenols is 1. The summed E-state index contributed by atoms with van der Waals surface area (Å²) in [5.74, 6) is 0.0703. The number of benzene rings is 1. The highest BCUT2D eigenvalue weighted by Gasteiger charge is 2.09. The quantitative estimate of drug-likeness (QED) is 0.683. The van der Waals surface area contributed by atoms with Crippen molar-refractivity contribution in [3.63, 3.8) is 0 Å².